The lowest BCUT2D eigenvalue weighted by Crippen LogP contribution is -2.33. The Morgan fingerprint density at radius 1 is 1.00 bits per heavy atom. The van der Waals surface area contributed by atoms with Gasteiger partial charge in [-0.3, -0.25) is 0 Å². The second-order valence-corrected chi connectivity index (χ2v) is 5.92. The van der Waals surface area contributed by atoms with E-state index in [-0.39, 0.29) is 12.4 Å². The van der Waals surface area contributed by atoms with Gasteiger partial charge in [-0.25, -0.2) is 0 Å². The minimum atomic E-state index is -0.390. The first-order chi connectivity index (χ1) is 10.7. The molecule has 0 radical (unpaired) electrons. The minimum Gasteiger partial charge on any atom is -0.369 e. The monoisotopic (exact) mass is 338 g/mol. The van der Waals surface area contributed by atoms with E-state index in [1.54, 1.807) is 0 Å². The number of ether oxygens (including phenoxy) is 3. The summed E-state index contributed by atoms with van der Waals surface area (Å²) in [4.78, 5) is 0. The molecule has 5 heteroatoms. The van der Waals surface area contributed by atoms with Crippen LogP contribution in [-0.4, -0.2) is 19.3 Å². The average molecular weight is 339 g/mol. The van der Waals surface area contributed by atoms with E-state index >= 15 is 0 Å². The lowest BCUT2D eigenvalue weighted by molar-refractivity contribution is -0.232. The minimum absolute atomic E-state index is 0.105. The summed E-state index contributed by atoms with van der Waals surface area (Å²) in [6, 6.07) is 15.1. The Morgan fingerprint density at radius 3 is 2.50 bits per heavy atom. The molecule has 0 bridgehead atoms. The van der Waals surface area contributed by atoms with Crippen molar-refractivity contribution in [2.45, 2.75) is 19.0 Å². The summed E-state index contributed by atoms with van der Waals surface area (Å²) in [5.41, 5.74) is 1.87. The van der Waals surface area contributed by atoms with Gasteiger partial charge in [-0.1, -0.05) is 53.5 Å². The third kappa shape index (κ3) is 4.00. The molecule has 3 rings (SSSR count). The van der Waals surface area contributed by atoms with Gasteiger partial charge in [-0.2, -0.15) is 0 Å². The van der Waals surface area contributed by atoms with Crippen molar-refractivity contribution in [2.24, 2.45) is 0 Å². The van der Waals surface area contributed by atoms with Crippen LogP contribution in [-0.2, 0) is 20.8 Å². The molecule has 1 aliphatic rings. The third-order valence-electron chi connectivity index (χ3n) is 3.42. The van der Waals surface area contributed by atoms with E-state index in [2.05, 4.69) is 0 Å². The molecular formula is C17H16Cl2O3. The molecule has 0 amide bonds. The zero-order chi connectivity index (χ0) is 15.4. The van der Waals surface area contributed by atoms with Gasteiger partial charge in [-0.15, -0.1) is 0 Å². The number of rotatable bonds is 4. The van der Waals surface area contributed by atoms with Gasteiger partial charge in [0.2, 0.25) is 0 Å². The first kappa shape index (κ1) is 15.8. The molecule has 116 valence electrons. The molecule has 1 fully saturated rings. The molecule has 0 N–H and O–H groups in total. The fourth-order valence-corrected chi connectivity index (χ4v) is 2.64. The van der Waals surface area contributed by atoms with E-state index in [9.17, 15) is 0 Å². The van der Waals surface area contributed by atoms with Crippen LogP contribution < -0.4 is 0 Å². The molecule has 3 nitrogen and oxygen atoms in total. The fraction of sp³-hybridized carbons (Fsp3) is 0.294. The van der Waals surface area contributed by atoms with Crippen LogP contribution in [0.4, 0.5) is 0 Å². The smallest absolute Gasteiger partial charge is 0.184 e. The van der Waals surface area contributed by atoms with E-state index < -0.39 is 0 Å². The van der Waals surface area contributed by atoms with Crippen molar-refractivity contribution in [3.8, 4) is 0 Å². The van der Waals surface area contributed by atoms with Crippen LogP contribution in [0.2, 0.25) is 10.0 Å². The predicted octanol–water partition coefficient (Wildman–Crippen LogP) is 4.62. The molecule has 1 aliphatic heterocycles. The zero-order valence-corrected chi connectivity index (χ0v) is 13.4. The lowest BCUT2D eigenvalue weighted by atomic mass is 10.2. The Hall–Kier alpha value is -1.10. The topological polar surface area (TPSA) is 27.7 Å². The molecule has 2 aromatic carbocycles. The predicted molar refractivity (Wildman–Crippen MR) is 86.1 cm³/mol. The van der Waals surface area contributed by atoms with Gasteiger partial charge in [0.05, 0.1) is 19.8 Å². The number of benzene rings is 2. The largest absolute Gasteiger partial charge is 0.369 e. The average Bonchev–Trinajstić information content (AvgIpc) is 2.55. The number of hydrogen-bond donors (Lipinski definition) is 0. The highest BCUT2D eigenvalue weighted by Gasteiger charge is 2.24. The van der Waals surface area contributed by atoms with Crippen molar-refractivity contribution in [3.63, 3.8) is 0 Å². The SMILES string of the molecule is Clc1cccc(C2OCC(OCc3ccccc3Cl)CO2)c1. The van der Waals surface area contributed by atoms with E-state index in [4.69, 9.17) is 37.4 Å². The van der Waals surface area contributed by atoms with Crippen LogP contribution in [0.5, 0.6) is 0 Å². The maximum atomic E-state index is 6.10. The first-order valence-corrected chi connectivity index (χ1v) is 7.81. The second kappa shape index (κ2) is 7.44. The van der Waals surface area contributed by atoms with Crippen molar-refractivity contribution in [2.75, 3.05) is 13.2 Å². The molecule has 0 atom stereocenters. The standard InChI is InChI=1S/C17H16Cl2O3/c18-14-6-3-5-12(8-14)17-21-10-15(11-22-17)20-9-13-4-1-2-7-16(13)19/h1-8,15,17H,9-11H2. The first-order valence-electron chi connectivity index (χ1n) is 7.06. The molecule has 1 saturated heterocycles. The fourth-order valence-electron chi connectivity index (χ4n) is 2.25. The van der Waals surface area contributed by atoms with Crippen LogP contribution in [0.3, 0.4) is 0 Å². The molecular weight excluding hydrogens is 323 g/mol. The molecule has 2 aromatic rings. The van der Waals surface area contributed by atoms with Crippen molar-refractivity contribution in [1.29, 1.82) is 0 Å². The molecule has 0 unspecified atom stereocenters. The molecule has 0 spiro atoms. The molecule has 22 heavy (non-hydrogen) atoms. The quantitative estimate of drug-likeness (QED) is 0.813. The molecule has 0 saturated carbocycles. The van der Waals surface area contributed by atoms with Crippen molar-refractivity contribution in [3.05, 3.63) is 69.7 Å². The highest BCUT2D eigenvalue weighted by molar-refractivity contribution is 6.31. The molecule has 1 heterocycles. The van der Waals surface area contributed by atoms with E-state index in [1.165, 1.54) is 0 Å². The Morgan fingerprint density at radius 2 is 1.77 bits per heavy atom. The van der Waals surface area contributed by atoms with Crippen molar-refractivity contribution >= 4 is 23.2 Å². The van der Waals surface area contributed by atoms with Crippen LogP contribution in [0.15, 0.2) is 48.5 Å². The molecule has 0 aromatic heterocycles. The summed E-state index contributed by atoms with van der Waals surface area (Å²) < 4.78 is 17.2. The Balaban J connectivity index is 1.51. The van der Waals surface area contributed by atoms with Crippen LogP contribution in [0, 0.1) is 0 Å². The number of hydrogen-bond acceptors (Lipinski definition) is 3. The summed E-state index contributed by atoms with van der Waals surface area (Å²) in [6.45, 7) is 1.39. The maximum Gasteiger partial charge on any atom is 0.184 e. The van der Waals surface area contributed by atoms with Crippen LogP contribution in [0.1, 0.15) is 17.4 Å². The van der Waals surface area contributed by atoms with E-state index in [1.807, 2.05) is 48.5 Å². The van der Waals surface area contributed by atoms with Crippen molar-refractivity contribution in [1.82, 2.24) is 0 Å². The summed E-state index contributed by atoms with van der Waals surface area (Å²) in [5, 5.41) is 1.37. The third-order valence-corrected chi connectivity index (χ3v) is 4.02. The van der Waals surface area contributed by atoms with Crippen LogP contribution >= 0.6 is 23.2 Å². The highest BCUT2D eigenvalue weighted by Crippen LogP contribution is 2.26. The van der Waals surface area contributed by atoms with E-state index in [0.717, 1.165) is 11.1 Å². The van der Waals surface area contributed by atoms with Gasteiger partial charge in [-0.05, 0) is 23.8 Å². The summed E-state index contributed by atoms with van der Waals surface area (Å²) in [7, 11) is 0. The van der Waals surface area contributed by atoms with Gasteiger partial charge >= 0.3 is 0 Å². The van der Waals surface area contributed by atoms with Crippen LogP contribution in [0.25, 0.3) is 0 Å². The van der Waals surface area contributed by atoms with Gasteiger partial charge in [0, 0.05) is 15.6 Å². The maximum absolute atomic E-state index is 6.10. The normalized spacial score (nSPS) is 21.7. The Labute approximate surface area is 139 Å². The second-order valence-electron chi connectivity index (χ2n) is 5.08. The van der Waals surface area contributed by atoms with Gasteiger partial charge < -0.3 is 14.2 Å². The van der Waals surface area contributed by atoms with Gasteiger partial charge in [0.25, 0.3) is 0 Å². The van der Waals surface area contributed by atoms with Crippen molar-refractivity contribution < 1.29 is 14.2 Å². The van der Waals surface area contributed by atoms with Gasteiger partial charge in [0.15, 0.2) is 6.29 Å². The Bertz CT molecular complexity index is 625. The summed E-state index contributed by atoms with van der Waals surface area (Å²) in [5.74, 6) is 0. The summed E-state index contributed by atoms with van der Waals surface area (Å²) >= 11 is 12.1. The van der Waals surface area contributed by atoms with E-state index in [0.29, 0.717) is 29.9 Å². The number of halogens is 2. The zero-order valence-electron chi connectivity index (χ0n) is 11.9. The highest BCUT2D eigenvalue weighted by atomic mass is 35.5. The summed E-state index contributed by atoms with van der Waals surface area (Å²) in [6.07, 6.45) is -0.495. The lowest BCUT2D eigenvalue weighted by Gasteiger charge is -2.29. The van der Waals surface area contributed by atoms with Gasteiger partial charge in [0.1, 0.15) is 6.10 Å². The Kier molecular flexibility index (Phi) is 5.34. The molecule has 0 aliphatic carbocycles.